The number of aromatic nitrogens is 1. The Labute approximate surface area is 132 Å². The van der Waals surface area contributed by atoms with Gasteiger partial charge in [0.15, 0.2) is 0 Å². The van der Waals surface area contributed by atoms with Crippen LogP contribution in [0, 0.1) is 5.92 Å². The Kier molecular flexibility index (Phi) is 5.76. The minimum absolute atomic E-state index is 0.126. The number of carbonyl (C=O) groups is 1. The van der Waals surface area contributed by atoms with Gasteiger partial charge in [-0.25, -0.2) is 0 Å². The third-order valence-corrected chi connectivity index (χ3v) is 5.63. The van der Waals surface area contributed by atoms with E-state index in [9.17, 15) is 4.79 Å². The Hall–Kier alpha value is -0.940. The first-order valence-corrected chi connectivity index (χ1v) is 8.75. The standard InChI is InChI=1S/C16H27N3OS/c1-12(2)19-7-5-14(6-8-19)9-16(20)18(4)13(3)15-10-17-11-21-15/h10-14H,5-9H2,1-4H3/t13-/m1/s1. The third-order valence-electron chi connectivity index (χ3n) is 4.68. The fraction of sp³-hybridized carbons (Fsp3) is 0.750. The van der Waals surface area contributed by atoms with Gasteiger partial charge in [0.05, 0.1) is 11.6 Å². The number of rotatable bonds is 5. The van der Waals surface area contributed by atoms with E-state index < -0.39 is 0 Å². The lowest BCUT2D eigenvalue weighted by Crippen LogP contribution is -2.40. The Morgan fingerprint density at radius 3 is 2.62 bits per heavy atom. The third kappa shape index (κ3) is 4.27. The maximum Gasteiger partial charge on any atom is 0.223 e. The van der Waals surface area contributed by atoms with E-state index in [2.05, 4.69) is 30.7 Å². The predicted molar refractivity (Wildman–Crippen MR) is 87.3 cm³/mol. The highest BCUT2D eigenvalue weighted by atomic mass is 32.1. The second-order valence-electron chi connectivity index (χ2n) is 6.36. The summed E-state index contributed by atoms with van der Waals surface area (Å²) in [6, 6.07) is 0.747. The molecule has 0 aliphatic carbocycles. The monoisotopic (exact) mass is 309 g/mol. The van der Waals surface area contributed by atoms with Crippen LogP contribution < -0.4 is 0 Å². The second kappa shape index (κ2) is 7.36. The number of piperidine rings is 1. The first-order valence-electron chi connectivity index (χ1n) is 7.87. The molecule has 0 N–H and O–H groups in total. The molecule has 1 amide bonds. The highest BCUT2D eigenvalue weighted by Crippen LogP contribution is 2.26. The first-order chi connectivity index (χ1) is 9.99. The van der Waals surface area contributed by atoms with Crippen molar-refractivity contribution in [3.8, 4) is 0 Å². The van der Waals surface area contributed by atoms with Crippen molar-refractivity contribution in [2.75, 3.05) is 20.1 Å². The molecule has 0 spiro atoms. The van der Waals surface area contributed by atoms with Crippen molar-refractivity contribution in [1.82, 2.24) is 14.8 Å². The van der Waals surface area contributed by atoms with Gasteiger partial charge in [0.2, 0.25) is 5.91 Å². The van der Waals surface area contributed by atoms with Gasteiger partial charge in [-0.3, -0.25) is 9.78 Å². The van der Waals surface area contributed by atoms with Gasteiger partial charge < -0.3 is 9.80 Å². The highest BCUT2D eigenvalue weighted by molar-refractivity contribution is 7.09. The van der Waals surface area contributed by atoms with Crippen molar-refractivity contribution < 1.29 is 4.79 Å². The fourth-order valence-electron chi connectivity index (χ4n) is 2.90. The molecule has 1 aromatic heterocycles. The van der Waals surface area contributed by atoms with Crippen LogP contribution >= 0.6 is 11.3 Å². The van der Waals surface area contributed by atoms with E-state index in [-0.39, 0.29) is 11.9 Å². The number of amides is 1. The van der Waals surface area contributed by atoms with Gasteiger partial charge in [0.1, 0.15) is 0 Å². The van der Waals surface area contributed by atoms with Crippen LogP contribution in [0.1, 0.15) is 51.0 Å². The van der Waals surface area contributed by atoms with Crippen LogP contribution in [0.25, 0.3) is 0 Å². The molecule has 1 aliphatic rings. The molecule has 0 radical (unpaired) electrons. The molecule has 1 saturated heterocycles. The van der Waals surface area contributed by atoms with Gasteiger partial charge in [-0.15, -0.1) is 11.3 Å². The minimum atomic E-state index is 0.126. The van der Waals surface area contributed by atoms with Crippen LogP contribution in [0.15, 0.2) is 11.7 Å². The quantitative estimate of drug-likeness (QED) is 0.838. The molecule has 4 nitrogen and oxygen atoms in total. The number of hydrogen-bond donors (Lipinski definition) is 0. The van der Waals surface area contributed by atoms with Gasteiger partial charge in [-0.2, -0.15) is 0 Å². The topological polar surface area (TPSA) is 36.4 Å². The van der Waals surface area contributed by atoms with Crippen molar-refractivity contribution in [2.45, 2.75) is 52.1 Å². The molecule has 0 bridgehead atoms. The van der Waals surface area contributed by atoms with Gasteiger partial charge in [-0.05, 0) is 52.6 Å². The zero-order valence-electron chi connectivity index (χ0n) is 13.6. The number of nitrogens with zero attached hydrogens (tertiary/aromatic N) is 3. The zero-order chi connectivity index (χ0) is 15.4. The van der Waals surface area contributed by atoms with Crippen LogP contribution in [-0.4, -0.2) is 46.9 Å². The molecule has 1 aliphatic heterocycles. The zero-order valence-corrected chi connectivity index (χ0v) is 14.4. The van der Waals surface area contributed by atoms with Crippen LogP contribution in [-0.2, 0) is 4.79 Å². The molecule has 118 valence electrons. The Morgan fingerprint density at radius 2 is 2.10 bits per heavy atom. The molecular formula is C16H27N3OS. The summed E-state index contributed by atoms with van der Waals surface area (Å²) < 4.78 is 0. The molecule has 2 heterocycles. The van der Waals surface area contributed by atoms with Gasteiger partial charge in [0.25, 0.3) is 0 Å². The number of likely N-dealkylation sites (tertiary alicyclic amines) is 1. The summed E-state index contributed by atoms with van der Waals surface area (Å²) >= 11 is 1.61. The van der Waals surface area contributed by atoms with E-state index in [0.29, 0.717) is 18.4 Å². The smallest absolute Gasteiger partial charge is 0.223 e. The molecule has 0 aromatic carbocycles. The van der Waals surface area contributed by atoms with E-state index in [1.54, 1.807) is 11.3 Å². The molecular weight excluding hydrogens is 282 g/mol. The lowest BCUT2D eigenvalue weighted by atomic mass is 9.92. The van der Waals surface area contributed by atoms with Crippen molar-refractivity contribution in [2.24, 2.45) is 5.92 Å². The Bertz CT molecular complexity index is 438. The minimum Gasteiger partial charge on any atom is -0.338 e. The lowest BCUT2D eigenvalue weighted by molar-refractivity contribution is -0.133. The van der Waals surface area contributed by atoms with Gasteiger partial charge in [0, 0.05) is 30.6 Å². The van der Waals surface area contributed by atoms with Gasteiger partial charge in [-0.1, -0.05) is 0 Å². The molecule has 1 atom stereocenters. The fourth-order valence-corrected chi connectivity index (χ4v) is 3.62. The molecule has 2 rings (SSSR count). The SMILES string of the molecule is CC(C)N1CCC(CC(=O)N(C)[C@H](C)c2cncs2)CC1. The largest absolute Gasteiger partial charge is 0.338 e. The van der Waals surface area contributed by atoms with Crippen LogP contribution in [0.5, 0.6) is 0 Å². The summed E-state index contributed by atoms with van der Waals surface area (Å²) in [5, 5.41) is 0. The van der Waals surface area contributed by atoms with Crippen molar-refractivity contribution in [3.05, 3.63) is 16.6 Å². The average molecular weight is 309 g/mol. The van der Waals surface area contributed by atoms with E-state index in [1.807, 2.05) is 23.7 Å². The van der Waals surface area contributed by atoms with Crippen molar-refractivity contribution in [3.63, 3.8) is 0 Å². The summed E-state index contributed by atoms with van der Waals surface area (Å²) in [5.74, 6) is 0.808. The van der Waals surface area contributed by atoms with E-state index in [4.69, 9.17) is 0 Å². The molecule has 5 heteroatoms. The number of carbonyl (C=O) groups excluding carboxylic acids is 1. The molecule has 0 unspecified atom stereocenters. The first kappa shape index (κ1) is 16.4. The van der Waals surface area contributed by atoms with Crippen LogP contribution in [0.3, 0.4) is 0 Å². The molecule has 1 aromatic rings. The van der Waals surface area contributed by atoms with E-state index in [0.717, 1.165) is 30.8 Å². The van der Waals surface area contributed by atoms with E-state index >= 15 is 0 Å². The summed E-state index contributed by atoms with van der Waals surface area (Å²) in [4.78, 5) is 22.1. The Morgan fingerprint density at radius 1 is 1.43 bits per heavy atom. The normalized spacial score (nSPS) is 18.9. The van der Waals surface area contributed by atoms with Crippen molar-refractivity contribution >= 4 is 17.2 Å². The maximum atomic E-state index is 12.5. The number of thiazole rings is 1. The van der Waals surface area contributed by atoms with Gasteiger partial charge >= 0.3 is 0 Å². The molecule has 0 saturated carbocycles. The van der Waals surface area contributed by atoms with Crippen LogP contribution in [0.4, 0.5) is 0 Å². The molecule has 21 heavy (non-hydrogen) atoms. The second-order valence-corrected chi connectivity index (χ2v) is 7.28. The molecule has 1 fully saturated rings. The summed E-state index contributed by atoms with van der Waals surface area (Å²) in [6.07, 6.45) is 4.84. The summed E-state index contributed by atoms with van der Waals surface area (Å²) in [5.41, 5.74) is 1.83. The summed E-state index contributed by atoms with van der Waals surface area (Å²) in [6.45, 7) is 8.83. The van der Waals surface area contributed by atoms with Crippen LogP contribution in [0.2, 0.25) is 0 Å². The maximum absolute atomic E-state index is 12.5. The van der Waals surface area contributed by atoms with E-state index in [1.165, 1.54) is 0 Å². The number of hydrogen-bond acceptors (Lipinski definition) is 4. The van der Waals surface area contributed by atoms with Crippen molar-refractivity contribution in [1.29, 1.82) is 0 Å². The Balaban J connectivity index is 1.82. The summed E-state index contributed by atoms with van der Waals surface area (Å²) in [7, 11) is 1.91. The predicted octanol–water partition coefficient (Wildman–Crippen LogP) is 3.17. The lowest BCUT2D eigenvalue weighted by Gasteiger charge is -2.35. The highest BCUT2D eigenvalue weighted by Gasteiger charge is 2.25. The average Bonchev–Trinajstić information content (AvgIpc) is 3.00.